The average molecular weight is 377 g/mol. The summed E-state index contributed by atoms with van der Waals surface area (Å²) in [5.74, 6) is 0.198. The lowest BCUT2D eigenvalue weighted by Crippen LogP contribution is -2.61. The third kappa shape index (κ3) is 2.29. The molecule has 0 aromatic rings. The minimum atomic E-state index is -0.797. The zero-order valence-electron chi connectivity index (χ0n) is 16.7. The predicted molar refractivity (Wildman–Crippen MR) is 99.2 cm³/mol. The number of allylic oxidation sites excluding steroid dienone is 1. The molecule has 0 heterocycles. The highest BCUT2D eigenvalue weighted by Crippen LogP contribution is 2.68. The number of carbonyl (C=O) groups is 1. The van der Waals surface area contributed by atoms with Crippen LogP contribution in [0.1, 0.15) is 66.2 Å². The number of fused-ring (bicyclic) bond motifs is 5. The lowest BCUT2D eigenvalue weighted by Gasteiger charge is -2.61. The van der Waals surface area contributed by atoms with E-state index in [-0.39, 0.29) is 41.1 Å². The molecule has 0 saturated heterocycles. The fourth-order valence-corrected chi connectivity index (χ4v) is 7.55. The van der Waals surface area contributed by atoms with Crippen molar-refractivity contribution >= 4 is 5.78 Å². The molecule has 7 unspecified atom stereocenters. The van der Waals surface area contributed by atoms with Gasteiger partial charge in [0.15, 0.2) is 0 Å². The Kier molecular flexibility index (Phi) is 3.98. The van der Waals surface area contributed by atoms with Crippen LogP contribution in [0.2, 0.25) is 0 Å². The number of hydrogen-bond acceptors (Lipinski definition) is 5. The zero-order chi connectivity index (χ0) is 19.9. The van der Waals surface area contributed by atoms with Gasteiger partial charge in [-0.15, -0.1) is 0 Å². The minimum Gasteiger partial charge on any atom is -0.393 e. The number of rotatable bonds is 1. The number of nitro groups is 1. The van der Waals surface area contributed by atoms with Gasteiger partial charge < -0.3 is 10.2 Å². The summed E-state index contributed by atoms with van der Waals surface area (Å²) in [6.45, 7) is 8.13. The van der Waals surface area contributed by atoms with E-state index in [1.165, 1.54) is 0 Å². The van der Waals surface area contributed by atoms with E-state index in [2.05, 4.69) is 13.8 Å². The number of ketones is 1. The van der Waals surface area contributed by atoms with E-state index in [1.807, 2.05) is 13.8 Å². The number of Topliss-reactive ketones (excluding diaryl/α,β-unsaturated/α-hetero) is 1. The Balaban J connectivity index is 1.85. The molecule has 2 N–H and O–H groups in total. The van der Waals surface area contributed by atoms with Gasteiger partial charge in [-0.3, -0.25) is 14.9 Å². The third-order valence-corrected chi connectivity index (χ3v) is 9.13. The van der Waals surface area contributed by atoms with Gasteiger partial charge in [-0.25, -0.2) is 0 Å². The highest BCUT2D eigenvalue weighted by molar-refractivity contribution is 5.95. The van der Waals surface area contributed by atoms with Gasteiger partial charge in [-0.1, -0.05) is 20.8 Å². The molecule has 27 heavy (non-hydrogen) atoms. The normalized spacial score (nSPS) is 52.2. The topological polar surface area (TPSA) is 101 Å². The maximum Gasteiger partial charge on any atom is 0.311 e. The SMILES string of the molecule is CC1CC2=C([N+](=O)[O-])C(=O)CCC2(C)C2C(O)CC3(C)C(CC[C@]3(C)O)C12. The van der Waals surface area contributed by atoms with Gasteiger partial charge in [0.1, 0.15) is 0 Å². The van der Waals surface area contributed by atoms with Crippen LogP contribution in [0.4, 0.5) is 0 Å². The molecule has 0 amide bonds. The van der Waals surface area contributed by atoms with Crippen LogP contribution in [0.15, 0.2) is 11.3 Å². The number of nitrogens with zero attached hydrogens (tertiary/aromatic N) is 1. The summed E-state index contributed by atoms with van der Waals surface area (Å²) in [6.07, 6.45) is 2.85. The summed E-state index contributed by atoms with van der Waals surface area (Å²) >= 11 is 0. The summed E-state index contributed by atoms with van der Waals surface area (Å²) in [5, 5.41) is 34.0. The molecule has 4 aliphatic carbocycles. The van der Waals surface area contributed by atoms with Crippen LogP contribution >= 0.6 is 0 Å². The molecule has 4 aliphatic rings. The number of aliphatic hydroxyl groups is 2. The van der Waals surface area contributed by atoms with E-state index in [0.29, 0.717) is 30.8 Å². The Morgan fingerprint density at radius 3 is 2.52 bits per heavy atom. The molecule has 150 valence electrons. The van der Waals surface area contributed by atoms with Gasteiger partial charge in [0, 0.05) is 22.8 Å². The second-order valence-corrected chi connectivity index (χ2v) is 10.3. The first-order chi connectivity index (χ1) is 12.4. The van der Waals surface area contributed by atoms with E-state index in [1.54, 1.807) is 0 Å². The molecule has 0 spiro atoms. The number of hydrogen-bond donors (Lipinski definition) is 2. The summed E-state index contributed by atoms with van der Waals surface area (Å²) in [7, 11) is 0. The quantitative estimate of drug-likeness (QED) is 0.540. The monoisotopic (exact) mass is 377 g/mol. The first-order valence-corrected chi connectivity index (χ1v) is 10.3. The van der Waals surface area contributed by atoms with Crippen molar-refractivity contribution in [3.63, 3.8) is 0 Å². The molecule has 0 bridgehead atoms. The first-order valence-electron chi connectivity index (χ1n) is 10.3. The van der Waals surface area contributed by atoms with Crippen molar-refractivity contribution in [3.05, 3.63) is 21.4 Å². The maximum atomic E-state index is 12.3. The number of aliphatic hydroxyl groups excluding tert-OH is 1. The van der Waals surface area contributed by atoms with E-state index >= 15 is 0 Å². The van der Waals surface area contributed by atoms with Crippen LogP contribution < -0.4 is 0 Å². The zero-order valence-corrected chi connectivity index (χ0v) is 16.7. The van der Waals surface area contributed by atoms with Crippen molar-refractivity contribution in [3.8, 4) is 0 Å². The second-order valence-electron chi connectivity index (χ2n) is 10.3. The van der Waals surface area contributed by atoms with Crippen LogP contribution in [0.3, 0.4) is 0 Å². The molecule has 0 aliphatic heterocycles. The molecule has 8 atom stereocenters. The summed E-state index contributed by atoms with van der Waals surface area (Å²) in [6, 6.07) is 0. The third-order valence-electron chi connectivity index (χ3n) is 9.13. The lowest BCUT2D eigenvalue weighted by molar-refractivity contribution is -0.422. The Hall–Kier alpha value is -1.27. The van der Waals surface area contributed by atoms with Crippen molar-refractivity contribution < 1.29 is 19.9 Å². The number of carbonyl (C=O) groups excluding carboxylic acids is 1. The molecular weight excluding hydrogens is 346 g/mol. The van der Waals surface area contributed by atoms with Crippen LogP contribution in [0, 0.1) is 44.6 Å². The largest absolute Gasteiger partial charge is 0.393 e. The van der Waals surface area contributed by atoms with E-state index in [4.69, 9.17) is 0 Å². The van der Waals surface area contributed by atoms with Crippen molar-refractivity contribution in [1.82, 2.24) is 0 Å². The van der Waals surface area contributed by atoms with Gasteiger partial charge in [-0.2, -0.15) is 0 Å². The molecule has 0 aromatic heterocycles. The van der Waals surface area contributed by atoms with Crippen LogP contribution in [-0.2, 0) is 4.79 Å². The highest BCUT2D eigenvalue weighted by atomic mass is 16.6. The summed E-state index contributed by atoms with van der Waals surface area (Å²) in [4.78, 5) is 23.5. The molecule has 0 aromatic carbocycles. The van der Waals surface area contributed by atoms with Crippen molar-refractivity contribution in [2.45, 2.75) is 77.9 Å². The standard InChI is InChI=1S/C21H31NO5/c1-11-9-13-18(22(26)27)14(23)6-7-19(13,2)17-15(24)10-20(3)12(16(11)17)5-8-21(20,4)25/h11-12,15-17,24-25H,5-10H2,1-4H3/t11?,12?,15?,16?,17?,19?,20?,21-/m0/s1. The van der Waals surface area contributed by atoms with Gasteiger partial charge >= 0.3 is 5.70 Å². The summed E-state index contributed by atoms with van der Waals surface area (Å²) in [5.41, 5.74) is -1.20. The van der Waals surface area contributed by atoms with Gasteiger partial charge in [-0.05, 0) is 62.7 Å². The van der Waals surface area contributed by atoms with Gasteiger partial charge in [0.2, 0.25) is 5.78 Å². The Morgan fingerprint density at radius 2 is 1.89 bits per heavy atom. The highest BCUT2D eigenvalue weighted by Gasteiger charge is 2.67. The predicted octanol–water partition coefficient (Wildman–Crippen LogP) is 3.09. The average Bonchev–Trinajstić information content (AvgIpc) is 2.78. The minimum absolute atomic E-state index is 0.0914. The van der Waals surface area contributed by atoms with Crippen LogP contribution in [0.5, 0.6) is 0 Å². The molecule has 6 nitrogen and oxygen atoms in total. The Labute approximate surface area is 160 Å². The summed E-state index contributed by atoms with van der Waals surface area (Å²) < 4.78 is 0. The molecule has 6 heteroatoms. The smallest absolute Gasteiger partial charge is 0.311 e. The fraction of sp³-hybridized carbons (Fsp3) is 0.857. The molecule has 3 saturated carbocycles. The van der Waals surface area contributed by atoms with E-state index in [9.17, 15) is 25.1 Å². The van der Waals surface area contributed by atoms with Crippen molar-refractivity contribution in [1.29, 1.82) is 0 Å². The van der Waals surface area contributed by atoms with E-state index in [0.717, 1.165) is 12.8 Å². The second kappa shape index (κ2) is 5.63. The lowest BCUT2D eigenvalue weighted by atomic mass is 9.43. The van der Waals surface area contributed by atoms with Gasteiger partial charge in [0.25, 0.3) is 0 Å². The Morgan fingerprint density at radius 1 is 1.22 bits per heavy atom. The van der Waals surface area contributed by atoms with Crippen LogP contribution in [0.25, 0.3) is 0 Å². The molecule has 3 fully saturated rings. The molecule has 4 rings (SSSR count). The fourth-order valence-electron chi connectivity index (χ4n) is 7.55. The Bertz CT molecular complexity index is 743. The molecule has 0 radical (unpaired) electrons. The first kappa shape index (κ1) is 19.1. The van der Waals surface area contributed by atoms with Gasteiger partial charge in [0.05, 0.1) is 16.6 Å². The maximum absolute atomic E-state index is 12.3. The van der Waals surface area contributed by atoms with Crippen LogP contribution in [-0.4, -0.2) is 32.6 Å². The molecular formula is C21H31NO5. The van der Waals surface area contributed by atoms with Crippen molar-refractivity contribution in [2.75, 3.05) is 0 Å². The van der Waals surface area contributed by atoms with Crippen molar-refractivity contribution in [2.24, 2.45) is 34.5 Å². The van der Waals surface area contributed by atoms with E-state index < -0.39 is 22.0 Å².